The first-order valence-corrected chi connectivity index (χ1v) is 6.36. The van der Waals surface area contributed by atoms with Gasteiger partial charge in [0.15, 0.2) is 0 Å². The minimum absolute atomic E-state index is 0.411. The van der Waals surface area contributed by atoms with Gasteiger partial charge in [0.05, 0.1) is 0 Å². The summed E-state index contributed by atoms with van der Waals surface area (Å²) in [6.45, 7) is 8.70. The molecule has 0 unspecified atom stereocenters. The molecular formula is C15H22O. The summed E-state index contributed by atoms with van der Waals surface area (Å²) in [4.78, 5) is 10.9. The van der Waals surface area contributed by atoms with Crippen molar-refractivity contribution < 1.29 is 4.79 Å². The highest BCUT2D eigenvalue weighted by molar-refractivity contribution is 5.73. The van der Waals surface area contributed by atoms with Crippen LogP contribution in [-0.4, -0.2) is 6.29 Å². The number of aldehydes is 1. The summed E-state index contributed by atoms with van der Waals surface area (Å²) >= 11 is 0. The monoisotopic (exact) mass is 218 g/mol. The van der Waals surface area contributed by atoms with Crippen molar-refractivity contribution in [3.63, 3.8) is 0 Å². The number of fused-ring (bicyclic) bond motifs is 1. The Kier molecular flexibility index (Phi) is 3.05. The molecule has 0 N–H and O–H groups in total. The van der Waals surface area contributed by atoms with Crippen molar-refractivity contribution in [1.29, 1.82) is 0 Å². The van der Waals surface area contributed by atoms with Crippen LogP contribution in [0.1, 0.15) is 46.0 Å². The molecular weight excluding hydrogens is 196 g/mol. The van der Waals surface area contributed by atoms with E-state index in [1.54, 1.807) is 0 Å². The molecule has 1 nitrogen and oxygen atoms in total. The van der Waals surface area contributed by atoms with Gasteiger partial charge in [0.2, 0.25) is 0 Å². The van der Waals surface area contributed by atoms with Gasteiger partial charge in [-0.15, -0.1) is 0 Å². The molecule has 0 aromatic rings. The lowest BCUT2D eigenvalue weighted by molar-refractivity contribution is -0.105. The van der Waals surface area contributed by atoms with Crippen LogP contribution in [0.2, 0.25) is 0 Å². The molecule has 0 spiro atoms. The van der Waals surface area contributed by atoms with Gasteiger partial charge in [0.1, 0.15) is 6.29 Å². The Hall–Kier alpha value is -0.850. The molecule has 1 fully saturated rings. The van der Waals surface area contributed by atoms with Gasteiger partial charge in [-0.05, 0) is 61.9 Å². The summed E-state index contributed by atoms with van der Waals surface area (Å²) in [6.07, 6.45) is 9.01. The van der Waals surface area contributed by atoms with Crippen LogP contribution in [-0.2, 0) is 4.79 Å². The molecule has 2 rings (SSSR count). The molecule has 0 aromatic carbocycles. The Bertz CT molecular complexity index is 339. The minimum Gasteiger partial charge on any atom is -0.298 e. The van der Waals surface area contributed by atoms with E-state index < -0.39 is 0 Å². The Balaban J connectivity index is 2.21. The molecule has 0 saturated heterocycles. The van der Waals surface area contributed by atoms with E-state index in [0.29, 0.717) is 11.3 Å². The number of carbonyl (C=O) groups is 1. The summed E-state index contributed by atoms with van der Waals surface area (Å²) in [5.41, 5.74) is 2.76. The Morgan fingerprint density at radius 3 is 2.94 bits per heavy atom. The van der Waals surface area contributed by atoms with E-state index in [2.05, 4.69) is 26.5 Å². The maximum Gasteiger partial charge on any atom is 0.145 e. The third kappa shape index (κ3) is 1.88. The molecule has 2 aliphatic rings. The second kappa shape index (κ2) is 4.20. The fraction of sp³-hybridized carbons (Fsp3) is 0.667. The average molecular weight is 218 g/mol. The van der Waals surface area contributed by atoms with Gasteiger partial charge in [0, 0.05) is 0 Å². The normalized spacial score (nSPS) is 38.5. The van der Waals surface area contributed by atoms with Crippen LogP contribution in [0.3, 0.4) is 0 Å². The van der Waals surface area contributed by atoms with E-state index in [1.165, 1.54) is 24.8 Å². The number of carbonyl (C=O) groups excluding carboxylic acids is 1. The van der Waals surface area contributed by atoms with Crippen LogP contribution >= 0.6 is 0 Å². The SMILES string of the molecule is C=C(C)[C@@H]1CC[C@@]2(C)CC=C(C=O)CC[C@H]12. The second-order valence-electron chi connectivity index (χ2n) is 5.89. The fourth-order valence-corrected chi connectivity index (χ4v) is 3.65. The van der Waals surface area contributed by atoms with Gasteiger partial charge in [-0.2, -0.15) is 0 Å². The van der Waals surface area contributed by atoms with Gasteiger partial charge in [-0.25, -0.2) is 0 Å². The Labute approximate surface area is 98.6 Å². The van der Waals surface area contributed by atoms with Crippen LogP contribution < -0.4 is 0 Å². The fourth-order valence-electron chi connectivity index (χ4n) is 3.65. The molecule has 3 atom stereocenters. The van der Waals surface area contributed by atoms with E-state index in [1.807, 2.05) is 0 Å². The smallest absolute Gasteiger partial charge is 0.145 e. The highest BCUT2D eigenvalue weighted by Gasteiger charge is 2.44. The number of hydrogen-bond donors (Lipinski definition) is 0. The third-order valence-electron chi connectivity index (χ3n) is 4.77. The summed E-state index contributed by atoms with van der Waals surface area (Å²) in [7, 11) is 0. The topological polar surface area (TPSA) is 17.1 Å². The van der Waals surface area contributed by atoms with Crippen molar-refractivity contribution in [2.24, 2.45) is 17.3 Å². The van der Waals surface area contributed by atoms with E-state index in [4.69, 9.17) is 0 Å². The molecule has 0 amide bonds. The van der Waals surface area contributed by atoms with Gasteiger partial charge < -0.3 is 0 Å². The summed E-state index contributed by atoms with van der Waals surface area (Å²) in [5, 5.41) is 0. The average Bonchev–Trinajstić information content (AvgIpc) is 2.48. The highest BCUT2D eigenvalue weighted by Crippen LogP contribution is 2.54. The van der Waals surface area contributed by atoms with Gasteiger partial charge >= 0.3 is 0 Å². The summed E-state index contributed by atoms with van der Waals surface area (Å²) in [6, 6.07) is 0. The maximum absolute atomic E-state index is 10.9. The van der Waals surface area contributed by atoms with Crippen LogP contribution in [0.15, 0.2) is 23.8 Å². The van der Waals surface area contributed by atoms with Crippen LogP contribution in [0.4, 0.5) is 0 Å². The summed E-state index contributed by atoms with van der Waals surface area (Å²) < 4.78 is 0. The number of rotatable bonds is 2. The zero-order valence-corrected chi connectivity index (χ0v) is 10.5. The zero-order valence-electron chi connectivity index (χ0n) is 10.5. The van der Waals surface area contributed by atoms with Crippen molar-refractivity contribution in [1.82, 2.24) is 0 Å². The number of hydrogen-bond acceptors (Lipinski definition) is 1. The van der Waals surface area contributed by atoms with Crippen LogP contribution in [0.5, 0.6) is 0 Å². The molecule has 2 aliphatic carbocycles. The van der Waals surface area contributed by atoms with E-state index >= 15 is 0 Å². The van der Waals surface area contributed by atoms with E-state index in [0.717, 1.165) is 30.6 Å². The van der Waals surface area contributed by atoms with Gasteiger partial charge in [-0.3, -0.25) is 4.79 Å². The molecule has 1 heteroatoms. The van der Waals surface area contributed by atoms with Crippen LogP contribution in [0, 0.1) is 17.3 Å². The van der Waals surface area contributed by atoms with Crippen molar-refractivity contribution >= 4 is 6.29 Å². The lowest BCUT2D eigenvalue weighted by atomic mass is 9.72. The molecule has 0 aromatic heterocycles. The van der Waals surface area contributed by atoms with Crippen molar-refractivity contribution in [3.05, 3.63) is 23.8 Å². The molecule has 88 valence electrons. The molecule has 16 heavy (non-hydrogen) atoms. The van der Waals surface area contributed by atoms with E-state index in [-0.39, 0.29) is 0 Å². The van der Waals surface area contributed by atoms with Gasteiger partial charge in [-0.1, -0.05) is 25.2 Å². The molecule has 0 heterocycles. The maximum atomic E-state index is 10.9. The Morgan fingerprint density at radius 1 is 1.56 bits per heavy atom. The Morgan fingerprint density at radius 2 is 2.31 bits per heavy atom. The van der Waals surface area contributed by atoms with Crippen LogP contribution in [0.25, 0.3) is 0 Å². The second-order valence-corrected chi connectivity index (χ2v) is 5.89. The molecule has 0 radical (unpaired) electrons. The minimum atomic E-state index is 0.411. The predicted octanol–water partition coefficient (Wildman–Crippen LogP) is 3.90. The lowest BCUT2D eigenvalue weighted by Gasteiger charge is -2.32. The summed E-state index contributed by atoms with van der Waals surface area (Å²) in [5.74, 6) is 1.42. The van der Waals surface area contributed by atoms with E-state index in [9.17, 15) is 4.79 Å². The van der Waals surface area contributed by atoms with Gasteiger partial charge in [0.25, 0.3) is 0 Å². The highest BCUT2D eigenvalue weighted by atomic mass is 16.1. The predicted molar refractivity (Wildman–Crippen MR) is 67.1 cm³/mol. The first kappa shape index (κ1) is 11.6. The van der Waals surface area contributed by atoms with Crippen molar-refractivity contribution in [2.75, 3.05) is 0 Å². The first-order valence-electron chi connectivity index (χ1n) is 6.36. The quantitative estimate of drug-likeness (QED) is 0.507. The largest absolute Gasteiger partial charge is 0.298 e. The standard InChI is InChI=1S/C15H22O/c1-11(2)13-7-9-15(3)8-6-12(10-16)4-5-14(13)15/h6,10,13-14H,1,4-5,7-9H2,2-3H3/t13-,14+,15+/m0/s1. The molecule has 0 aliphatic heterocycles. The number of allylic oxidation sites excluding steroid dienone is 3. The molecule has 1 saturated carbocycles. The van der Waals surface area contributed by atoms with Crippen molar-refractivity contribution in [2.45, 2.75) is 46.0 Å². The third-order valence-corrected chi connectivity index (χ3v) is 4.77. The first-order chi connectivity index (χ1) is 7.57. The lowest BCUT2D eigenvalue weighted by Crippen LogP contribution is -2.24. The molecule has 0 bridgehead atoms. The van der Waals surface area contributed by atoms with Crippen molar-refractivity contribution in [3.8, 4) is 0 Å². The zero-order chi connectivity index (χ0) is 11.8.